The van der Waals surface area contributed by atoms with Crippen LogP contribution in [0.1, 0.15) is 44.9 Å². The number of primary amides is 1. The van der Waals surface area contributed by atoms with Gasteiger partial charge in [0.15, 0.2) is 0 Å². The Labute approximate surface area is 79.9 Å². The SMILES string of the molecule is NC(=O)[C@@H]1CC[C@H]2CCCCC2C1. The highest BCUT2D eigenvalue weighted by molar-refractivity contribution is 5.76. The van der Waals surface area contributed by atoms with E-state index in [2.05, 4.69) is 0 Å². The highest BCUT2D eigenvalue weighted by atomic mass is 16.1. The molecule has 2 aliphatic rings. The molecule has 1 unspecified atom stereocenters. The summed E-state index contributed by atoms with van der Waals surface area (Å²) >= 11 is 0. The molecule has 0 saturated heterocycles. The zero-order valence-electron chi connectivity index (χ0n) is 8.17. The molecule has 2 nitrogen and oxygen atoms in total. The first kappa shape index (κ1) is 9.04. The van der Waals surface area contributed by atoms with E-state index in [1.807, 2.05) is 0 Å². The van der Waals surface area contributed by atoms with Crippen molar-refractivity contribution < 1.29 is 4.79 Å². The number of nitrogens with two attached hydrogens (primary N) is 1. The Kier molecular flexibility index (Phi) is 2.56. The molecule has 0 aromatic carbocycles. The van der Waals surface area contributed by atoms with Crippen LogP contribution in [0, 0.1) is 17.8 Å². The number of rotatable bonds is 1. The summed E-state index contributed by atoms with van der Waals surface area (Å²) < 4.78 is 0. The Morgan fingerprint density at radius 2 is 1.69 bits per heavy atom. The van der Waals surface area contributed by atoms with Gasteiger partial charge in [-0.25, -0.2) is 0 Å². The van der Waals surface area contributed by atoms with E-state index in [-0.39, 0.29) is 11.8 Å². The monoisotopic (exact) mass is 181 g/mol. The van der Waals surface area contributed by atoms with Gasteiger partial charge >= 0.3 is 0 Å². The summed E-state index contributed by atoms with van der Waals surface area (Å²) in [5.41, 5.74) is 5.35. The third kappa shape index (κ3) is 1.87. The second-order valence-corrected chi connectivity index (χ2v) is 4.72. The maximum Gasteiger partial charge on any atom is 0.220 e. The standard InChI is InChI=1S/C11H19NO/c12-11(13)10-6-5-8-3-1-2-4-9(8)7-10/h8-10H,1-7H2,(H2,12,13)/t8-,9?,10-/m1/s1. The number of fused-ring (bicyclic) bond motifs is 1. The summed E-state index contributed by atoms with van der Waals surface area (Å²) in [5, 5.41) is 0. The zero-order valence-corrected chi connectivity index (χ0v) is 8.17. The molecule has 0 spiro atoms. The topological polar surface area (TPSA) is 43.1 Å². The van der Waals surface area contributed by atoms with E-state index in [9.17, 15) is 4.79 Å². The Morgan fingerprint density at radius 1 is 1.00 bits per heavy atom. The summed E-state index contributed by atoms with van der Waals surface area (Å²) in [6, 6.07) is 0. The lowest BCUT2D eigenvalue weighted by Gasteiger charge is -2.38. The van der Waals surface area contributed by atoms with Crippen LogP contribution in [0.5, 0.6) is 0 Å². The average Bonchev–Trinajstić information content (AvgIpc) is 2.17. The van der Waals surface area contributed by atoms with Crippen molar-refractivity contribution in [3.05, 3.63) is 0 Å². The van der Waals surface area contributed by atoms with Gasteiger partial charge in [-0.15, -0.1) is 0 Å². The second kappa shape index (κ2) is 3.69. The maximum atomic E-state index is 11.1. The van der Waals surface area contributed by atoms with Crippen molar-refractivity contribution in [3.8, 4) is 0 Å². The van der Waals surface area contributed by atoms with Gasteiger partial charge in [0.1, 0.15) is 0 Å². The van der Waals surface area contributed by atoms with Gasteiger partial charge < -0.3 is 5.73 Å². The van der Waals surface area contributed by atoms with Crippen LogP contribution in [0.2, 0.25) is 0 Å². The minimum absolute atomic E-state index is 0.0657. The minimum Gasteiger partial charge on any atom is -0.369 e. The largest absolute Gasteiger partial charge is 0.369 e. The van der Waals surface area contributed by atoms with E-state index in [4.69, 9.17) is 5.73 Å². The zero-order chi connectivity index (χ0) is 9.26. The lowest BCUT2D eigenvalue weighted by molar-refractivity contribution is -0.123. The van der Waals surface area contributed by atoms with Gasteiger partial charge in [0.2, 0.25) is 5.91 Å². The predicted octanol–water partition coefficient (Wildman–Crippen LogP) is 2.08. The first-order valence-corrected chi connectivity index (χ1v) is 5.56. The van der Waals surface area contributed by atoms with Crippen molar-refractivity contribution in [2.75, 3.05) is 0 Å². The Balaban J connectivity index is 1.95. The van der Waals surface area contributed by atoms with Crippen molar-refractivity contribution in [1.29, 1.82) is 0 Å². The van der Waals surface area contributed by atoms with E-state index in [1.165, 1.54) is 32.1 Å². The van der Waals surface area contributed by atoms with Gasteiger partial charge in [-0.05, 0) is 31.1 Å². The molecule has 3 atom stereocenters. The molecular weight excluding hydrogens is 162 g/mol. The number of carbonyl (C=O) groups excluding carboxylic acids is 1. The molecule has 0 aromatic heterocycles. The Bertz CT molecular complexity index is 202. The molecule has 2 rings (SSSR count). The van der Waals surface area contributed by atoms with Crippen molar-refractivity contribution >= 4 is 5.91 Å². The fraction of sp³-hybridized carbons (Fsp3) is 0.909. The molecule has 74 valence electrons. The van der Waals surface area contributed by atoms with E-state index in [1.54, 1.807) is 0 Å². The van der Waals surface area contributed by atoms with Crippen LogP contribution in [0.4, 0.5) is 0 Å². The molecule has 0 aromatic rings. The molecule has 2 aliphatic carbocycles. The molecule has 13 heavy (non-hydrogen) atoms. The van der Waals surface area contributed by atoms with E-state index in [0.717, 1.165) is 24.7 Å². The quantitative estimate of drug-likeness (QED) is 0.661. The van der Waals surface area contributed by atoms with Gasteiger partial charge in [-0.1, -0.05) is 25.7 Å². The Morgan fingerprint density at radius 3 is 2.38 bits per heavy atom. The molecule has 2 heteroatoms. The summed E-state index contributed by atoms with van der Waals surface area (Å²) in [6.45, 7) is 0. The number of carbonyl (C=O) groups is 1. The summed E-state index contributed by atoms with van der Waals surface area (Å²) in [6.07, 6.45) is 8.90. The van der Waals surface area contributed by atoms with Crippen molar-refractivity contribution in [2.45, 2.75) is 44.9 Å². The summed E-state index contributed by atoms with van der Waals surface area (Å²) in [4.78, 5) is 11.1. The molecule has 0 bridgehead atoms. The first-order valence-electron chi connectivity index (χ1n) is 5.56. The fourth-order valence-corrected chi connectivity index (χ4v) is 3.13. The Hall–Kier alpha value is -0.530. The molecule has 0 radical (unpaired) electrons. The van der Waals surface area contributed by atoms with Gasteiger partial charge in [0, 0.05) is 5.92 Å². The third-order valence-corrected chi connectivity index (χ3v) is 3.94. The molecule has 2 N–H and O–H groups in total. The summed E-state index contributed by atoms with van der Waals surface area (Å²) in [7, 11) is 0. The highest BCUT2D eigenvalue weighted by Crippen LogP contribution is 2.42. The van der Waals surface area contributed by atoms with Crippen LogP contribution in [-0.4, -0.2) is 5.91 Å². The summed E-state index contributed by atoms with van der Waals surface area (Å²) in [5.74, 6) is 1.87. The van der Waals surface area contributed by atoms with Crippen LogP contribution in [0.3, 0.4) is 0 Å². The number of hydrogen-bond donors (Lipinski definition) is 1. The van der Waals surface area contributed by atoms with Gasteiger partial charge in [0.25, 0.3) is 0 Å². The smallest absolute Gasteiger partial charge is 0.220 e. The van der Waals surface area contributed by atoms with Crippen molar-refractivity contribution in [1.82, 2.24) is 0 Å². The minimum atomic E-state index is -0.0657. The molecular formula is C11H19NO. The van der Waals surface area contributed by atoms with Crippen molar-refractivity contribution in [2.24, 2.45) is 23.5 Å². The molecule has 0 heterocycles. The number of amides is 1. The van der Waals surface area contributed by atoms with E-state index >= 15 is 0 Å². The highest BCUT2D eigenvalue weighted by Gasteiger charge is 2.33. The van der Waals surface area contributed by atoms with Crippen LogP contribution in [0.25, 0.3) is 0 Å². The maximum absolute atomic E-state index is 11.1. The number of hydrogen-bond acceptors (Lipinski definition) is 1. The van der Waals surface area contributed by atoms with Crippen molar-refractivity contribution in [3.63, 3.8) is 0 Å². The van der Waals surface area contributed by atoms with E-state index in [0.29, 0.717) is 0 Å². The molecule has 2 fully saturated rings. The van der Waals surface area contributed by atoms with Crippen LogP contribution >= 0.6 is 0 Å². The van der Waals surface area contributed by atoms with Crippen LogP contribution < -0.4 is 5.73 Å². The van der Waals surface area contributed by atoms with Crippen LogP contribution in [0.15, 0.2) is 0 Å². The lowest BCUT2D eigenvalue weighted by Crippen LogP contribution is -2.34. The normalized spacial score (nSPS) is 39.5. The van der Waals surface area contributed by atoms with Crippen LogP contribution in [-0.2, 0) is 4.79 Å². The van der Waals surface area contributed by atoms with E-state index < -0.39 is 0 Å². The lowest BCUT2D eigenvalue weighted by atomic mass is 9.67. The van der Waals surface area contributed by atoms with Gasteiger partial charge in [-0.2, -0.15) is 0 Å². The molecule has 2 saturated carbocycles. The molecule has 0 aliphatic heterocycles. The average molecular weight is 181 g/mol. The van der Waals surface area contributed by atoms with Gasteiger partial charge in [-0.3, -0.25) is 4.79 Å². The fourth-order valence-electron chi connectivity index (χ4n) is 3.13. The predicted molar refractivity (Wildman–Crippen MR) is 52.0 cm³/mol. The van der Waals surface area contributed by atoms with Gasteiger partial charge in [0.05, 0.1) is 0 Å². The molecule has 1 amide bonds. The first-order chi connectivity index (χ1) is 6.27. The second-order valence-electron chi connectivity index (χ2n) is 4.72. The third-order valence-electron chi connectivity index (χ3n) is 3.94.